The number of ether oxygens (including phenoxy) is 1. The van der Waals surface area contributed by atoms with E-state index in [9.17, 15) is 0 Å². The van der Waals surface area contributed by atoms with Gasteiger partial charge in [-0.1, -0.05) is 17.3 Å². The van der Waals surface area contributed by atoms with Crippen molar-refractivity contribution in [1.82, 2.24) is 15.0 Å². The number of nitrogen functional groups attached to an aromatic ring is 1. The van der Waals surface area contributed by atoms with Crippen molar-refractivity contribution >= 4 is 28.3 Å². The van der Waals surface area contributed by atoms with Gasteiger partial charge in [-0.05, 0) is 52.9 Å². The zero-order chi connectivity index (χ0) is 16.2. The molecule has 23 heavy (non-hydrogen) atoms. The summed E-state index contributed by atoms with van der Waals surface area (Å²) in [4.78, 5) is 0. The van der Waals surface area contributed by atoms with Crippen molar-refractivity contribution < 1.29 is 9.84 Å². The number of halogens is 1. The van der Waals surface area contributed by atoms with E-state index in [0.29, 0.717) is 5.69 Å². The van der Waals surface area contributed by atoms with Crippen molar-refractivity contribution in [3.05, 3.63) is 52.2 Å². The van der Waals surface area contributed by atoms with Crippen LogP contribution in [-0.2, 0) is 0 Å². The average molecular weight is 418 g/mol. The lowest BCUT2D eigenvalue weighted by molar-refractivity contribution is 0.200. The topological polar surface area (TPSA) is 86.2 Å². The van der Waals surface area contributed by atoms with Crippen molar-refractivity contribution in [2.45, 2.75) is 0 Å². The molecule has 0 spiro atoms. The lowest BCUT2D eigenvalue weighted by Crippen LogP contribution is -2.03. The van der Waals surface area contributed by atoms with E-state index in [4.69, 9.17) is 15.6 Å². The normalized spacial score (nSPS) is 10.7. The first-order chi connectivity index (χ1) is 11.2. The molecule has 0 saturated heterocycles. The van der Waals surface area contributed by atoms with Crippen LogP contribution in [-0.4, -0.2) is 33.3 Å². The van der Waals surface area contributed by atoms with E-state index in [1.54, 1.807) is 4.68 Å². The lowest BCUT2D eigenvalue weighted by Gasteiger charge is -2.08. The van der Waals surface area contributed by atoms with Crippen LogP contribution < -0.4 is 10.5 Å². The molecule has 1 aromatic heterocycles. The Morgan fingerprint density at radius 2 is 1.96 bits per heavy atom. The summed E-state index contributed by atoms with van der Waals surface area (Å²) in [6.07, 6.45) is 1.87. The monoisotopic (exact) mass is 418 g/mol. The fraction of sp³-hybridized carbons (Fsp3) is 0.125. The molecule has 0 aliphatic rings. The van der Waals surface area contributed by atoms with Gasteiger partial charge in [0.25, 0.3) is 0 Å². The highest BCUT2D eigenvalue weighted by Crippen LogP contribution is 2.25. The molecule has 0 radical (unpaired) electrons. The van der Waals surface area contributed by atoms with Crippen molar-refractivity contribution in [2.75, 3.05) is 18.9 Å². The van der Waals surface area contributed by atoms with Crippen LogP contribution in [0.1, 0.15) is 0 Å². The fourth-order valence-electron chi connectivity index (χ4n) is 2.08. The molecular formula is C16H15IN4O2. The van der Waals surface area contributed by atoms with Gasteiger partial charge in [-0.2, -0.15) is 0 Å². The maximum atomic E-state index is 8.82. The quantitative estimate of drug-likeness (QED) is 0.491. The van der Waals surface area contributed by atoms with E-state index in [0.717, 1.165) is 26.3 Å². The lowest BCUT2D eigenvalue weighted by atomic mass is 10.1. The van der Waals surface area contributed by atoms with E-state index >= 15 is 0 Å². The molecule has 0 amide bonds. The van der Waals surface area contributed by atoms with E-state index < -0.39 is 0 Å². The number of aliphatic hydroxyl groups excluding tert-OH is 1. The third kappa shape index (κ3) is 3.62. The van der Waals surface area contributed by atoms with Crippen LogP contribution in [0.5, 0.6) is 5.75 Å². The molecule has 0 aliphatic carbocycles. The summed E-state index contributed by atoms with van der Waals surface area (Å²) in [5.41, 5.74) is 9.04. The van der Waals surface area contributed by atoms with Gasteiger partial charge in [0.2, 0.25) is 0 Å². The van der Waals surface area contributed by atoms with E-state index in [1.807, 2.05) is 48.7 Å². The van der Waals surface area contributed by atoms with Crippen LogP contribution in [0.4, 0.5) is 5.69 Å². The average Bonchev–Trinajstić information content (AvgIpc) is 3.04. The Hall–Kier alpha value is -2.13. The smallest absolute Gasteiger partial charge is 0.132 e. The van der Waals surface area contributed by atoms with Gasteiger partial charge >= 0.3 is 0 Å². The first kappa shape index (κ1) is 15.8. The molecule has 7 heteroatoms. The number of benzene rings is 2. The molecule has 3 aromatic rings. The molecule has 0 fully saturated rings. The minimum atomic E-state index is -0.00808. The Bertz CT molecular complexity index is 802. The Kier molecular flexibility index (Phi) is 4.77. The van der Waals surface area contributed by atoms with Crippen LogP contribution in [0, 0.1) is 3.57 Å². The summed E-state index contributed by atoms with van der Waals surface area (Å²) in [6.45, 7) is 0.270. The van der Waals surface area contributed by atoms with Crippen LogP contribution in [0.2, 0.25) is 0 Å². The minimum Gasteiger partial charge on any atom is -0.490 e. The molecule has 0 bridgehead atoms. The van der Waals surface area contributed by atoms with Crippen LogP contribution in [0.15, 0.2) is 48.7 Å². The standard InChI is InChI=1S/C16H15IN4O2/c17-14-9-13(5-6-16(14)23-8-7-22)21-10-15(19-20-21)11-1-3-12(18)4-2-11/h1-6,9-10,22H,7-8,18H2/i17-4. The molecule has 0 saturated carbocycles. The van der Waals surface area contributed by atoms with Gasteiger partial charge in [0.05, 0.1) is 22.1 Å². The highest BCUT2D eigenvalue weighted by Gasteiger charge is 2.08. The maximum absolute atomic E-state index is 8.82. The number of hydrogen-bond acceptors (Lipinski definition) is 5. The van der Waals surface area contributed by atoms with Crippen molar-refractivity contribution in [1.29, 1.82) is 0 Å². The molecular weight excluding hydrogens is 403 g/mol. The van der Waals surface area contributed by atoms with Gasteiger partial charge in [0.1, 0.15) is 18.1 Å². The molecule has 1 heterocycles. The van der Waals surface area contributed by atoms with E-state index in [2.05, 4.69) is 32.9 Å². The molecule has 118 valence electrons. The van der Waals surface area contributed by atoms with Crippen molar-refractivity contribution in [3.63, 3.8) is 0 Å². The molecule has 0 atom stereocenters. The third-order valence-corrected chi connectivity index (χ3v) is 4.07. The van der Waals surface area contributed by atoms with Gasteiger partial charge in [-0.25, -0.2) is 4.68 Å². The zero-order valence-electron chi connectivity index (χ0n) is 12.2. The van der Waals surface area contributed by atoms with Gasteiger partial charge in [0, 0.05) is 11.3 Å². The second-order valence-corrected chi connectivity index (χ2v) is 6.02. The summed E-state index contributed by atoms with van der Waals surface area (Å²) in [5.74, 6) is 0.738. The third-order valence-electron chi connectivity index (χ3n) is 3.23. The molecule has 2 aromatic carbocycles. The number of anilines is 1. The predicted octanol–water partition coefficient (Wildman–Crippen LogP) is 2.49. The molecule has 3 rings (SSSR count). The van der Waals surface area contributed by atoms with Gasteiger partial charge < -0.3 is 15.6 Å². The van der Waals surface area contributed by atoms with Crippen molar-refractivity contribution in [2.24, 2.45) is 0 Å². The largest absolute Gasteiger partial charge is 0.490 e. The Labute approximate surface area is 147 Å². The Morgan fingerprint density at radius 1 is 1.17 bits per heavy atom. The highest BCUT2D eigenvalue weighted by atomic mass is 123. The number of rotatable bonds is 5. The molecule has 3 N–H and O–H groups in total. The summed E-state index contributed by atoms with van der Waals surface area (Å²) in [6, 6.07) is 13.2. The number of nitrogens with zero attached hydrogens (tertiary/aromatic N) is 3. The van der Waals surface area contributed by atoms with Crippen molar-refractivity contribution in [3.8, 4) is 22.7 Å². The number of aromatic nitrogens is 3. The summed E-state index contributed by atoms with van der Waals surface area (Å²) >= 11 is 2.19. The SMILES string of the molecule is Nc1ccc(-c2cn(-c3ccc(OCCO)c([123I])c3)nn2)cc1. The first-order valence-electron chi connectivity index (χ1n) is 6.99. The number of aliphatic hydroxyl groups is 1. The van der Waals surface area contributed by atoms with E-state index in [-0.39, 0.29) is 13.2 Å². The van der Waals surface area contributed by atoms with Gasteiger partial charge in [0.15, 0.2) is 0 Å². The minimum absolute atomic E-state index is 0.00808. The van der Waals surface area contributed by atoms with Crippen LogP contribution in [0.3, 0.4) is 0 Å². The highest BCUT2D eigenvalue weighted by molar-refractivity contribution is 14.1. The summed E-state index contributed by atoms with van der Waals surface area (Å²) in [7, 11) is 0. The maximum Gasteiger partial charge on any atom is 0.132 e. The van der Waals surface area contributed by atoms with Gasteiger partial charge in [-0.3, -0.25) is 0 Å². The van der Waals surface area contributed by atoms with E-state index in [1.165, 1.54) is 0 Å². The van der Waals surface area contributed by atoms with Crippen LogP contribution in [0.25, 0.3) is 16.9 Å². The number of nitrogens with two attached hydrogens (primary N) is 1. The summed E-state index contributed by atoms with van der Waals surface area (Å²) < 4.78 is 8.10. The summed E-state index contributed by atoms with van der Waals surface area (Å²) in [5, 5.41) is 17.2. The fourth-order valence-corrected chi connectivity index (χ4v) is 2.74. The molecule has 6 nitrogen and oxygen atoms in total. The zero-order valence-corrected chi connectivity index (χ0v) is 14.3. The van der Waals surface area contributed by atoms with Crippen LogP contribution >= 0.6 is 22.6 Å². The Balaban J connectivity index is 1.85. The first-order valence-corrected chi connectivity index (χ1v) is 8.07. The van der Waals surface area contributed by atoms with Gasteiger partial charge in [-0.15, -0.1) is 5.10 Å². The number of hydrogen-bond donors (Lipinski definition) is 2. The molecule has 0 aliphatic heterocycles. The Morgan fingerprint density at radius 3 is 2.65 bits per heavy atom. The second kappa shape index (κ2) is 6.97. The predicted molar refractivity (Wildman–Crippen MR) is 96.5 cm³/mol. The second-order valence-electron chi connectivity index (χ2n) is 4.86. The molecule has 0 unspecified atom stereocenters.